The summed E-state index contributed by atoms with van der Waals surface area (Å²) in [5, 5.41) is 9.03. The zero-order valence-corrected chi connectivity index (χ0v) is 12.1. The Morgan fingerprint density at radius 2 is 2.05 bits per heavy atom. The number of aliphatic carboxylic acids is 1. The molecule has 1 aliphatic heterocycles. The minimum Gasteiger partial charge on any atom is -0.481 e. The lowest BCUT2D eigenvalue weighted by Crippen LogP contribution is -2.31. The van der Waals surface area contributed by atoms with Gasteiger partial charge in [0.1, 0.15) is 0 Å². The van der Waals surface area contributed by atoms with E-state index in [-0.39, 0.29) is 11.8 Å². The maximum atomic E-state index is 12.4. The summed E-state index contributed by atoms with van der Waals surface area (Å²) in [5.41, 5.74) is 2.68. The Balaban J connectivity index is 1.65. The van der Waals surface area contributed by atoms with Gasteiger partial charge in [-0.3, -0.25) is 9.59 Å². The molecule has 21 heavy (non-hydrogen) atoms. The standard InChI is InChI=1S/C17H21NO3/c19-16(18-9-8-14(11-18)17(20)21)10-13-6-3-5-12-4-1-2-7-15(12)13/h1-2,4,7,13-14H,3,5-6,8-11H2,(H,20,21). The Morgan fingerprint density at radius 1 is 1.24 bits per heavy atom. The number of amides is 1. The second-order valence-electron chi connectivity index (χ2n) is 6.16. The molecule has 1 N–H and O–H groups in total. The Bertz CT molecular complexity index is 555. The fourth-order valence-corrected chi connectivity index (χ4v) is 3.59. The summed E-state index contributed by atoms with van der Waals surface area (Å²) in [6.45, 7) is 0.965. The van der Waals surface area contributed by atoms with Crippen LogP contribution in [0, 0.1) is 5.92 Å². The SMILES string of the molecule is O=C(O)C1CCN(C(=O)CC2CCCc3ccccc32)C1. The molecule has 0 saturated carbocycles. The number of carboxylic acids is 1. The zero-order chi connectivity index (χ0) is 14.8. The van der Waals surface area contributed by atoms with Crippen LogP contribution in [0.25, 0.3) is 0 Å². The van der Waals surface area contributed by atoms with Crippen LogP contribution >= 0.6 is 0 Å². The first kappa shape index (κ1) is 14.1. The van der Waals surface area contributed by atoms with E-state index in [0.29, 0.717) is 31.8 Å². The highest BCUT2D eigenvalue weighted by atomic mass is 16.4. The second kappa shape index (κ2) is 5.88. The predicted molar refractivity (Wildman–Crippen MR) is 79.1 cm³/mol. The average Bonchev–Trinajstić information content (AvgIpc) is 2.98. The molecule has 1 saturated heterocycles. The molecule has 1 aliphatic carbocycles. The van der Waals surface area contributed by atoms with E-state index < -0.39 is 5.97 Å². The van der Waals surface area contributed by atoms with Gasteiger partial charge in [0.25, 0.3) is 0 Å². The topological polar surface area (TPSA) is 57.6 Å². The van der Waals surface area contributed by atoms with Crippen LogP contribution in [-0.4, -0.2) is 35.0 Å². The molecule has 2 atom stereocenters. The van der Waals surface area contributed by atoms with Crippen molar-refractivity contribution in [3.63, 3.8) is 0 Å². The fraction of sp³-hybridized carbons (Fsp3) is 0.529. The first-order valence-corrected chi connectivity index (χ1v) is 7.73. The fourth-order valence-electron chi connectivity index (χ4n) is 3.59. The molecule has 0 radical (unpaired) electrons. The van der Waals surface area contributed by atoms with Gasteiger partial charge >= 0.3 is 5.97 Å². The molecule has 1 aromatic carbocycles. The van der Waals surface area contributed by atoms with Crippen molar-refractivity contribution in [1.82, 2.24) is 4.90 Å². The maximum absolute atomic E-state index is 12.4. The van der Waals surface area contributed by atoms with Crippen LogP contribution in [-0.2, 0) is 16.0 Å². The van der Waals surface area contributed by atoms with Crippen molar-refractivity contribution in [3.8, 4) is 0 Å². The summed E-state index contributed by atoms with van der Waals surface area (Å²) in [4.78, 5) is 25.1. The third-order valence-corrected chi connectivity index (χ3v) is 4.80. The average molecular weight is 287 g/mol. The van der Waals surface area contributed by atoms with E-state index in [2.05, 4.69) is 18.2 Å². The molecule has 4 heteroatoms. The molecule has 1 heterocycles. The minimum atomic E-state index is -0.784. The molecule has 2 aliphatic rings. The van der Waals surface area contributed by atoms with E-state index in [1.54, 1.807) is 4.90 Å². The molecule has 0 spiro atoms. The third-order valence-electron chi connectivity index (χ3n) is 4.80. The van der Waals surface area contributed by atoms with Gasteiger partial charge in [0, 0.05) is 19.5 Å². The van der Waals surface area contributed by atoms with Crippen molar-refractivity contribution in [2.24, 2.45) is 5.92 Å². The maximum Gasteiger partial charge on any atom is 0.308 e. The van der Waals surface area contributed by atoms with Crippen LogP contribution < -0.4 is 0 Å². The highest BCUT2D eigenvalue weighted by Crippen LogP contribution is 2.34. The van der Waals surface area contributed by atoms with Crippen LogP contribution in [0.3, 0.4) is 0 Å². The van der Waals surface area contributed by atoms with Gasteiger partial charge < -0.3 is 10.0 Å². The number of aryl methyl sites for hydroxylation is 1. The first-order valence-electron chi connectivity index (χ1n) is 7.73. The van der Waals surface area contributed by atoms with Gasteiger partial charge in [0.05, 0.1) is 5.92 Å². The molecule has 3 rings (SSSR count). The number of hydrogen-bond acceptors (Lipinski definition) is 2. The number of carbonyl (C=O) groups is 2. The number of hydrogen-bond donors (Lipinski definition) is 1. The molecule has 0 aromatic heterocycles. The van der Waals surface area contributed by atoms with Crippen molar-refractivity contribution in [2.75, 3.05) is 13.1 Å². The Labute approximate surface area is 124 Å². The van der Waals surface area contributed by atoms with E-state index >= 15 is 0 Å². The third kappa shape index (κ3) is 2.94. The van der Waals surface area contributed by atoms with Crippen LogP contribution in [0.15, 0.2) is 24.3 Å². The normalized spacial score (nSPS) is 24.7. The summed E-state index contributed by atoms with van der Waals surface area (Å²) in [7, 11) is 0. The highest BCUT2D eigenvalue weighted by molar-refractivity contribution is 5.79. The smallest absolute Gasteiger partial charge is 0.308 e. The summed E-state index contributed by atoms with van der Waals surface area (Å²) >= 11 is 0. The molecule has 112 valence electrons. The van der Waals surface area contributed by atoms with E-state index in [1.807, 2.05) is 6.07 Å². The summed E-state index contributed by atoms with van der Waals surface area (Å²) in [6.07, 6.45) is 4.39. The number of benzene rings is 1. The number of carboxylic acid groups (broad SMARTS) is 1. The summed E-state index contributed by atoms with van der Waals surface area (Å²) < 4.78 is 0. The van der Waals surface area contributed by atoms with Crippen LogP contribution in [0.2, 0.25) is 0 Å². The molecule has 1 aromatic rings. The van der Waals surface area contributed by atoms with Crippen molar-refractivity contribution in [2.45, 2.75) is 38.0 Å². The first-order chi connectivity index (χ1) is 10.1. The number of carbonyl (C=O) groups excluding carboxylic acids is 1. The van der Waals surface area contributed by atoms with E-state index in [9.17, 15) is 9.59 Å². The minimum absolute atomic E-state index is 0.112. The Kier molecular flexibility index (Phi) is 3.95. The largest absolute Gasteiger partial charge is 0.481 e. The Morgan fingerprint density at radius 3 is 2.81 bits per heavy atom. The van der Waals surface area contributed by atoms with Gasteiger partial charge in [0.2, 0.25) is 5.91 Å². The Hall–Kier alpha value is -1.84. The van der Waals surface area contributed by atoms with Crippen LogP contribution in [0.1, 0.15) is 42.7 Å². The van der Waals surface area contributed by atoms with Crippen molar-refractivity contribution >= 4 is 11.9 Å². The van der Waals surface area contributed by atoms with Gasteiger partial charge in [-0.25, -0.2) is 0 Å². The van der Waals surface area contributed by atoms with Crippen molar-refractivity contribution in [3.05, 3.63) is 35.4 Å². The number of likely N-dealkylation sites (tertiary alicyclic amines) is 1. The van der Waals surface area contributed by atoms with Gasteiger partial charge in [-0.1, -0.05) is 24.3 Å². The summed E-state index contributed by atoms with van der Waals surface area (Å²) in [6, 6.07) is 8.39. The summed E-state index contributed by atoms with van der Waals surface area (Å²) in [5.74, 6) is -0.757. The second-order valence-corrected chi connectivity index (χ2v) is 6.16. The molecular formula is C17H21NO3. The number of fused-ring (bicyclic) bond motifs is 1. The molecule has 1 fully saturated rings. The van der Waals surface area contributed by atoms with Gasteiger partial charge in [0.15, 0.2) is 0 Å². The van der Waals surface area contributed by atoms with Crippen molar-refractivity contribution in [1.29, 1.82) is 0 Å². The monoisotopic (exact) mass is 287 g/mol. The lowest BCUT2D eigenvalue weighted by molar-refractivity contribution is -0.141. The highest BCUT2D eigenvalue weighted by Gasteiger charge is 2.32. The van der Waals surface area contributed by atoms with Crippen LogP contribution in [0.4, 0.5) is 0 Å². The molecule has 4 nitrogen and oxygen atoms in total. The zero-order valence-electron chi connectivity index (χ0n) is 12.1. The molecular weight excluding hydrogens is 266 g/mol. The predicted octanol–water partition coefficient (Wildman–Crippen LogP) is 2.43. The van der Waals surface area contributed by atoms with Gasteiger partial charge in [-0.2, -0.15) is 0 Å². The molecule has 0 bridgehead atoms. The lowest BCUT2D eigenvalue weighted by atomic mass is 9.81. The molecule has 1 amide bonds. The quantitative estimate of drug-likeness (QED) is 0.929. The molecule has 2 unspecified atom stereocenters. The van der Waals surface area contributed by atoms with E-state index in [4.69, 9.17) is 5.11 Å². The van der Waals surface area contributed by atoms with Gasteiger partial charge in [-0.15, -0.1) is 0 Å². The lowest BCUT2D eigenvalue weighted by Gasteiger charge is -2.27. The van der Waals surface area contributed by atoms with E-state index in [1.165, 1.54) is 11.1 Å². The van der Waals surface area contributed by atoms with Crippen molar-refractivity contribution < 1.29 is 14.7 Å². The van der Waals surface area contributed by atoms with Crippen LogP contribution in [0.5, 0.6) is 0 Å². The number of nitrogens with zero attached hydrogens (tertiary/aromatic N) is 1. The van der Waals surface area contributed by atoms with E-state index in [0.717, 1.165) is 19.3 Å². The number of rotatable bonds is 3. The van der Waals surface area contributed by atoms with Gasteiger partial charge in [-0.05, 0) is 42.7 Å².